The third-order valence-corrected chi connectivity index (χ3v) is 6.25. The second kappa shape index (κ2) is 11.9. The van der Waals surface area contributed by atoms with Crippen molar-refractivity contribution in [3.05, 3.63) is 35.9 Å². The average Bonchev–Trinajstić information content (AvgIpc) is 2.78. The molecule has 166 valence electrons. The second-order valence-corrected chi connectivity index (χ2v) is 8.58. The molecule has 1 unspecified atom stereocenters. The van der Waals surface area contributed by atoms with Crippen LogP contribution in [0.4, 0.5) is 0 Å². The number of guanidine groups is 1. The average molecular weight is 415 g/mol. The normalized spacial score (nSPS) is 22.0. The van der Waals surface area contributed by atoms with Crippen LogP contribution in [0.5, 0.6) is 0 Å². The van der Waals surface area contributed by atoms with Crippen LogP contribution < -0.4 is 16.4 Å². The van der Waals surface area contributed by atoms with E-state index in [0.717, 1.165) is 83.9 Å². The molecule has 0 bridgehead atoms. The Bertz CT molecular complexity index is 672. The van der Waals surface area contributed by atoms with E-state index < -0.39 is 0 Å². The largest absolute Gasteiger partial charge is 0.369 e. The summed E-state index contributed by atoms with van der Waals surface area (Å²) in [6, 6.07) is 11.2. The maximum atomic E-state index is 11.4. The lowest BCUT2D eigenvalue weighted by Crippen LogP contribution is -2.49. The third-order valence-electron chi connectivity index (χ3n) is 6.25. The fourth-order valence-corrected chi connectivity index (χ4v) is 4.47. The van der Waals surface area contributed by atoms with Gasteiger partial charge in [0.2, 0.25) is 5.91 Å². The van der Waals surface area contributed by atoms with Crippen LogP contribution in [0.25, 0.3) is 0 Å². The molecule has 4 N–H and O–H groups in total. The molecule has 1 atom stereocenters. The van der Waals surface area contributed by atoms with Gasteiger partial charge in [-0.3, -0.25) is 14.7 Å². The maximum absolute atomic E-state index is 11.4. The zero-order chi connectivity index (χ0) is 21.2. The lowest BCUT2D eigenvalue weighted by Gasteiger charge is -2.33. The first-order valence-electron chi connectivity index (χ1n) is 11.4. The number of hydrogen-bond acceptors (Lipinski definition) is 4. The van der Waals surface area contributed by atoms with Crippen molar-refractivity contribution in [3.63, 3.8) is 0 Å². The number of carbonyl (C=O) groups excluding carboxylic acids is 1. The summed E-state index contributed by atoms with van der Waals surface area (Å²) in [5.74, 6) is 0.760. The summed E-state index contributed by atoms with van der Waals surface area (Å²) in [5.41, 5.74) is 6.86. The van der Waals surface area contributed by atoms with Gasteiger partial charge >= 0.3 is 0 Å². The first-order chi connectivity index (χ1) is 14.6. The molecule has 1 aromatic carbocycles. The van der Waals surface area contributed by atoms with Crippen LogP contribution in [0.3, 0.4) is 0 Å². The van der Waals surface area contributed by atoms with Gasteiger partial charge in [-0.25, -0.2) is 0 Å². The molecule has 0 aromatic heterocycles. The van der Waals surface area contributed by atoms with E-state index in [1.807, 2.05) is 7.05 Å². The summed E-state index contributed by atoms with van der Waals surface area (Å²) in [6.45, 7) is 7.00. The van der Waals surface area contributed by atoms with Crippen molar-refractivity contribution in [2.24, 2.45) is 16.6 Å². The first kappa shape index (κ1) is 22.6. The Labute approximate surface area is 181 Å². The van der Waals surface area contributed by atoms with Gasteiger partial charge in [0.15, 0.2) is 5.96 Å². The SMILES string of the molecule is CN=C(NCCCN1CCCC(C(N)=O)C1)NC1CCN(Cc2ccccc2)CC1. The zero-order valence-electron chi connectivity index (χ0n) is 18.4. The van der Waals surface area contributed by atoms with Crippen LogP contribution in [-0.4, -0.2) is 74.0 Å². The Morgan fingerprint density at radius 2 is 1.90 bits per heavy atom. The summed E-state index contributed by atoms with van der Waals surface area (Å²) in [4.78, 5) is 20.7. The Morgan fingerprint density at radius 3 is 2.60 bits per heavy atom. The molecule has 1 amide bonds. The quantitative estimate of drug-likeness (QED) is 0.340. The van der Waals surface area contributed by atoms with Gasteiger partial charge in [-0.2, -0.15) is 0 Å². The van der Waals surface area contributed by atoms with E-state index in [9.17, 15) is 4.79 Å². The smallest absolute Gasteiger partial charge is 0.221 e. The fourth-order valence-electron chi connectivity index (χ4n) is 4.47. The van der Waals surface area contributed by atoms with Crippen molar-refractivity contribution >= 4 is 11.9 Å². The number of likely N-dealkylation sites (tertiary alicyclic amines) is 2. The minimum atomic E-state index is -0.155. The molecule has 2 saturated heterocycles. The van der Waals surface area contributed by atoms with Crippen LogP contribution in [0.1, 0.15) is 37.7 Å². The second-order valence-electron chi connectivity index (χ2n) is 8.58. The molecule has 7 heteroatoms. The minimum Gasteiger partial charge on any atom is -0.369 e. The van der Waals surface area contributed by atoms with Crippen LogP contribution in [0.2, 0.25) is 0 Å². The third kappa shape index (κ3) is 7.29. The van der Waals surface area contributed by atoms with Crippen molar-refractivity contribution in [1.82, 2.24) is 20.4 Å². The molecule has 0 spiro atoms. The number of amides is 1. The van der Waals surface area contributed by atoms with Crippen molar-refractivity contribution < 1.29 is 4.79 Å². The number of primary amides is 1. The monoisotopic (exact) mass is 414 g/mol. The highest BCUT2D eigenvalue weighted by atomic mass is 16.1. The Morgan fingerprint density at radius 1 is 1.13 bits per heavy atom. The maximum Gasteiger partial charge on any atom is 0.221 e. The van der Waals surface area contributed by atoms with Gasteiger partial charge in [0, 0.05) is 45.8 Å². The number of rotatable bonds is 8. The molecule has 2 heterocycles. The molecule has 1 aromatic rings. The predicted octanol–water partition coefficient (Wildman–Crippen LogP) is 1.40. The topological polar surface area (TPSA) is 86.0 Å². The Kier molecular flexibility index (Phi) is 8.96. The number of nitrogens with two attached hydrogens (primary N) is 1. The molecule has 2 aliphatic rings. The summed E-state index contributed by atoms with van der Waals surface area (Å²) < 4.78 is 0. The number of nitrogens with zero attached hydrogens (tertiary/aromatic N) is 3. The van der Waals surface area contributed by atoms with E-state index in [-0.39, 0.29) is 11.8 Å². The number of carbonyl (C=O) groups is 1. The number of hydrogen-bond donors (Lipinski definition) is 3. The van der Waals surface area contributed by atoms with Crippen molar-refractivity contribution in [3.8, 4) is 0 Å². The summed E-state index contributed by atoms with van der Waals surface area (Å²) in [7, 11) is 1.84. The Balaban J connectivity index is 1.30. The lowest BCUT2D eigenvalue weighted by molar-refractivity contribution is -0.123. The molecule has 0 aliphatic carbocycles. The molecular weight excluding hydrogens is 376 g/mol. The van der Waals surface area contributed by atoms with E-state index in [0.29, 0.717) is 6.04 Å². The van der Waals surface area contributed by atoms with Crippen molar-refractivity contribution in [2.45, 2.75) is 44.7 Å². The van der Waals surface area contributed by atoms with E-state index in [1.54, 1.807) is 0 Å². The summed E-state index contributed by atoms with van der Waals surface area (Å²) in [6.07, 6.45) is 5.30. The fraction of sp³-hybridized carbons (Fsp3) is 0.652. The minimum absolute atomic E-state index is 0.0221. The highest BCUT2D eigenvalue weighted by Gasteiger charge is 2.23. The van der Waals surface area contributed by atoms with Gasteiger partial charge in [-0.1, -0.05) is 30.3 Å². The molecule has 0 radical (unpaired) electrons. The Hall–Kier alpha value is -2.12. The van der Waals surface area contributed by atoms with E-state index in [1.165, 1.54) is 5.56 Å². The van der Waals surface area contributed by atoms with Gasteiger partial charge < -0.3 is 21.3 Å². The lowest BCUT2D eigenvalue weighted by atomic mass is 9.97. The van der Waals surface area contributed by atoms with Crippen LogP contribution >= 0.6 is 0 Å². The first-order valence-corrected chi connectivity index (χ1v) is 11.4. The van der Waals surface area contributed by atoms with Crippen LogP contribution in [0, 0.1) is 5.92 Å². The van der Waals surface area contributed by atoms with Crippen LogP contribution in [-0.2, 0) is 11.3 Å². The predicted molar refractivity (Wildman–Crippen MR) is 122 cm³/mol. The van der Waals surface area contributed by atoms with Crippen molar-refractivity contribution in [2.75, 3.05) is 46.3 Å². The molecule has 0 saturated carbocycles. The summed E-state index contributed by atoms with van der Waals surface area (Å²) in [5, 5.41) is 7.04. The molecule has 2 aliphatic heterocycles. The molecule has 2 fully saturated rings. The number of piperidine rings is 2. The van der Waals surface area contributed by atoms with Gasteiger partial charge in [0.1, 0.15) is 0 Å². The summed E-state index contributed by atoms with van der Waals surface area (Å²) >= 11 is 0. The van der Waals surface area contributed by atoms with Gasteiger partial charge in [0.05, 0.1) is 5.92 Å². The van der Waals surface area contributed by atoms with Gasteiger partial charge in [-0.05, 0) is 50.8 Å². The molecular formula is C23H38N6O. The number of benzene rings is 1. The van der Waals surface area contributed by atoms with E-state index in [4.69, 9.17) is 5.73 Å². The zero-order valence-corrected chi connectivity index (χ0v) is 18.4. The van der Waals surface area contributed by atoms with Gasteiger partial charge in [0.25, 0.3) is 0 Å². The van der Waals surface area contributed by atoms with Crippen molar-refractivity contribution in [1.29, 1.82) is 0 Å². The van der Waals surface area contributed by atoms with Gasteiger partial charge in [-0.15, -0.1) is 0 Å². The number of nitrogens with one attached hydrogen (secondary N) is 2. The van der Waals surface area contributed by atoms with Crippen LogP contribution in [0.15, 0.2) is 35.3 Å². The molecule has 3 rings (SSSR count). The number of aliphatic imine (C=N–C) groups is 1. The molecule has 30 heavy (non-hydrogen) atoms. The van der Waals surface area contributed by atoms with E-state index >= 15 is 0 Å². The van der Waals surface area contributed by atoms with E-state index in [2.05, 4.69) is 55.8 Å². The highest BCUT2D eigenvalue weighted by molar-refractivity contribution is 5.80. The highest BCUT2D eigenvalue weighted by Crippen LogP contribution is 2.16. The standard InChI is InChI=1S/C23H38N6O/c1-25-23(26-12-6-14-28-13-5-9-20(18-28)22(24)30)27-21-10-15-29(16-11-21)17-19-7-3-2-4-8-19/h2-4,7-8,20-21H,5-6,9-18H2,1H3,(H2,24,30)(H2,25,26,27). The molecule has 7 nitrogen and oxygen atoms in total.